The highest BCUT2D eigenvalue weighted by atomic mass is 19.4. The van der Waals surface area contributed by atoms with Crippen LogP contribution < -0.4 is 10.6 Å². The molecule has 1 rings (SSSR count). The van der Waals surface area contributed by atoms with Crippen molar-refractivity contribution in [3.05, 3.63) is 23.8 Å². The molecule has 3 N–H and O–H groups in total. The van der Waals surface area contributed by atoms with Crippen LogP contribution in [-0.2, 0) is 0 Å². The van der Waals surface area contributed by atoms with Crippen LogP contribution in [0.25, 0.3) is 0 Å². The fourth-order valence-electron chi connectivity index (χ4n) is 1.95. The Morgan fingerprint density at radius 1 is 1.14 bits per heavy atom. The monoisotopic (exact) mass is 312 g/mol. The zero-order chi connectivity index (χ0) is 16.4. The molecule has 0 aliphatic heterocycles. The van der Waals surface area contributed by atoms with Gasteiger partial charge in [-0.25, -0.2) is 0 Å². The minimum Gasteiger partial charge on any atom is -0.508 e. The van der Waals surface area contributed by atoms with Gasteiger partial charge in [0.2, 0.25) is 0 Å². The Balaban J connectivity index is 3.16. The van der Waals surface area contributed by atoms with Crippen LogP contribution in [0, 0.1) is 0 Å². The smallest absolute Gasteiger partial charge is 0.455 e. The van der Waals surface area contributed by atoms with Crippen LogP contribution in [0.5, 0.6) is 5.75 Å². The molecule has 3 nitrogen and oxygen atoms in total. The molecule has 0 unspecified atom stereocenters. The van der Waals surface area contributed by atoms with Gasteiger partial charge >= 0.3 is 12.1 Å². The summed E-state index contributed by atoms with van der Waals surface area (Å²) in [6.07, 6.45) is -5.78. The molecule has 0 aromatic heterocycles. The molecule has 0 aliphatic carbocycles. The Labute approximate surface area is 119 Å². The first-order chi connectivity index (χ1) is 9.56. The van der Waals surface area contributed by atoms with Gasteiger partial charge in [0.25, 0.3) is 0 Å². The van der Waals surface area contributed by atoms with E-state index in [1.807, 2.05) is 13.8 Å². The average Bonchev–Trinajstić information content (AvgIpc) is 2.38. The van der Waals surface area contributed by atoms with Crippen molar-refractivity contribution >= 4 is 5.69 Å². The van der Waals surface area contributed by atoms with Crippen molar-refractivity contribution in [2.45, 2.75) is 32.0 Å². The number of alkyl halides is 5. The van der Waals surface area contributed by atoms with Gasteiger partial charge in [-0.05, 0) is 19.9 Å². The molecule has 120 valence electrons. The Morgan fingerprint density at radius 2 is 1.67 bits per heavy atom. The van der Waals surface area contributed by atoms with Crippen molar-refractivity contribution in [2.24, 2.45) is 5.73 Å². The summed E-state index contributed by atoms with van der Waals surface area (Å²) in [6, 6.07) is 0.819. The van der Waals surface area contributed by atoms with E-state index < -0.39 is 29.5 Å². The topological polar surface area (TPSA) is 49.5 Å². The van der Waals surface area contributed by atoms with Crippen molar-refractivity contribution in [1.29, 1.82) is 0 Å². The van der Waals surface area contributed by atoms with E-state index in [0.29, 0.717) is 18.8 Å². The normalized spacial score (nSPS) is 14.1. The van der Waals surface area contributed by atoms with Crippen LogP contribution in [0.1, 0.15) is 25.5 Å². The van der Waals surface area contributed by atoms with Crippen LogP contribution in [0.15, 0.2) is 18.2 Å². The first-order valence-corrected chi connectivity index (χ1v) is 6.34. The van der Waals surface area contributed by atoms with E-state index in [0.717, 1.165) is 12.1 Å². The number of phenols is 1. The van der Waals surface area contributed by atoms with Gasteiger partial charge in [0.1, 0.15) is 11.8 Å². The number of anilines is 1. The predicted molar refractivity (Wildman–Crippen MR) is 69.6 cm³/mol. The minimum absolute atomic E-state index is 0.517. The molecular weight excluding hydrogens is 295 g/mol. The molecule has 0 fully saturated rings. The van der Waals surface area contributed by atoms with E-state index in [9.17, 15) is 27.1 Å². The summed E-state index contributed by atoms with van der Waals surface area (Å²) >= 11 is 0. The predicted octanol–water partition coefficient (Wildman–Crippen LogP) is 3.44. The Bertz CT molecular complexity index is 486. The summed E-state index contributed by atoms with van der Waals surface area (Å²) in [5, 5.41) is 9.72. The SMILES string of the molecule is CCN(CC)c1ccc([C@H](N)C(F)(F)C(F)(F)F)c(O)c1. The van der Waals surface area contributed by atoms with E-state index in [2.05, 4.69) is 0 Å². The molecule has 1 atom stereocenters. The molecular formula is C13H17F5N2O. The third-order valence-corrected chi connectivity index (χ3v) is 3.25. The number of aromatic hydroxyl groups is 1. The molecule has 0 spiro atoms. The van der Waals surface area contributed by atoms with Crippen molar-refractivity contribution < 1.29 is 27.1 Å². The molecule has 0 heterocycles. The molecule has 21 heavy (non-hydrogen) atoms. The second-order valence-electron chi connectivity index (χ2n) is 4.51. The number of benzene rings is 1. The van der Waals surface area contributed by atoms with Gasteiger partial charge < -0.3 is 15.7 Å². The van der Waals surface area contributed by atoms with Crippen LogP contribution >= 0.6 is 0 Å². The van der Waals surface area contributed by atoms with Gasteiger partial charge in [-0.15, -0.1) is 0 Å². The van der Waals surface area contributed by atoms with Crippen LogP contribution in [0.4, 0.5) is 27.6 Å². The van der Waals surface area contributed by atoms with Crippen molar-refractivity contribution in [1.82, 2.24) is 0 Å². The van der Waals surface area contributed by atoms with Gasteiger partial charge in [0.05, 0.1) is 0 Å². The summed E-state index contributed by atoms with van der Waals surface area (Å²) in [6.45, 7) is 4.89. The lowest BCUT2D eigenvalue weighted by molar-refractivity contribution is -0.291. The highest BCUT2D eigenvalue weighted by Crippen LogP contribution is 2.45. The highest BCUT2D eigenvalue weighted by Gasteiger charge is 2.62. The van der Waals surface area contributed by atoms with E-state index in [4.69, 9.17) is 5.73 Å². The average molecular weight is 312 g/mol. The fourth-order valence-corrected chi connectivity index (χ4v) is 1.95. The minimum atomic E-state index is -5.78. The lowest BCUT2D eigenvalue weighted by atomic mass is 9.99. The lowest BCUT2D eigenvalue weighted by Gasteiger charge is -2.27. The summed E-state index contributed by atoms with van der Waals surface area (Å²) in [5.41, 5.74) is 4.88. The van der Waals surface area contributed by atoms with Crippen LogP contribution in [0.2, 0.25) is 0 Å². The van der Waals surface area contributed by atoms with Crippen molar-refractivity contribution in [3.8, 4) is 5.75 Å². The van der Waals surface area contributed by atoms with Gasteiger partial charge in [-0.1, -0.05) is 6.07 Å². The largest absolute Gasteiger partial charge is 0.508 e. The highest BCUT2D eigenvalue weighted by molar-refractivity contribution is 5.54. The number of rotatable bonds is 5. The second-order valence-corrected chi connectivity index (χ2v) is 4.51. The number of phenolic OH excluding ortho intramolecular Hbond substituents is 1. The van der Waals surface area contributed by atoms with Gasteiger partial charge in [-0.2, -0.15) is 22.0 Å². The maximum absolute atomic E-state index is 13.2. The van der Waals surface area contributed by atoms with Gasteiger partial charge in [0, 0.05) is 30.4 Å². The Morgan fingerprint density at radius 3 is 2.05 bits per heavy atom. The lowest BCUT2D eigenvalue weighted by Crippen LogP contribution is -2.45. The number of hydrogen-bond acceptors (Lipinski definition) is 3. The van der Waals surface area contributed by atoms with E-state index in [-0.39, 0.29) is 0 Å². The van der Waals surface area contributed by atoms with Crippen LogP contribution in [0.3, 0.4) is 0 Å². The standard InChI is InChI=1S/C13H17F5N2O/c1-3-20(4-2)8-5-6-9(10(21)7-8)11(19)12(14,15)13(16,17)18/h5-7,11,21H,3-4,19H2,1-2H3/t11-/m0/s1. The summed E-state index contributed by atoms with van der Waals surface area (Å²) < 4.78 is 63.3. The first kappa shape index (κ1) is 17.5. The number of nitrogens with zero attached hydrogens (tertiary/aromatic N) is 1. The molecule has 0 saturated heterocycles. The molecule has 1 aromatic rings. The molecule has 1 aromatic carbocycles. The third kappa shape index (κ3) is 3.37. The van der Waals surface area contributed by atoms with Gasteiger partial charge in [0.15, 0.2) is 0 Å². The Kier molecular flexibility index (Phi) is 5.03. The third-order valence-electron chi connectivity index (χ3n) is 3.25. The fraction of sp³-hybridized carbons (Fsp3) is 0.538. The van der Waals surface area contributed by atoms with E-state index in [1.54, 1.807) is 4.90 Å². The zero-order valence-electron chi connectivity index (χ0n) is 11.6. The molecule has 8 heteroatoms. The second kappa shape index (κ2) is 6.05. The van der Waals surface area contributed by atoms with Crippen LogP contribution in [-0.4, -0.2) is 30.3 Å². The van der Waals surface area contributed by atoms with Gasteiger partial charge in [-0.3, -0.25) is 0 Å². The molecule has 0 amide bonds. The summed E-state index contributed by atoms with van der Waals surface area (Å²) in [4.78, 5) is 1.80. The molecule has 0 bridgehead atoms. The van der Waals surface area contributed by atoms with E-state index >= 15 is 0 Å². The molecule has 0 radical (unpaired) electrons. The maximum atomic E-state index is 13.2. The molecule has 0 saturated carbocycles. The first-order valence-electron chi connectivity index (χ1n) is 6.34. The number of hydrogen-bond donors (Lipinski definition) is 2. The quantitative estimate of drug-likeness (QED) is 0.819. The molecule has 0 aliphatic rings. The van der Waals surface area contributed by atoms with E-state index in [1.165, 1.54) is 6.07 Å². The maximum Gasteiger partial charge on any atom is 0.455 e. The van der Waals surface area contributed by atoms with Crippen molar-refractivity contribution in [2.75, 3.05) is 18.0 Å². The van der Waals surface area contributed by atoms with Crippen molar-refractivity contribution in [3.63, 3.8) is 0 Å². The summed E-state index contributed by atoms with van der Waals surface area (Å²) in [5.74, 6) is -5.81. The Hall–Kier alpha value is -1.57. The number of nitrogens with two attached hydrogens (primary N) is 1. The summed E-state index contributed by atoms with van der Waals surface area (Å²) in [7, 11) is 0. The number of halogens is 5. The zero-order valence-corrected chi connectivity index (χ0v) is 11.6.